The fraction of sp³-hybridized carbons (Fsp3) is 0.222. The van der Waals surface area contributed by atoms with Crippen LogP contribution in [0.25, 0.3) is 5.69 Å². The largest absolute Gasteiger partial charge is 0.497 e. The number of carbonyl (C=O) groups is 1. The molecule has 0 aliphatic carbocycles. The summed E-state index contributed by atoms with van der Waals surface area (Å²) >= 11 is 0. The van der Waals surface area contributed by atoms with Crippen molar-refractivity contribution in [1.82, 2.24) is 20.2 Å². The van der Waals surface area contributed by atoms with E-state index in [-0.39, 0.29) is 11.6 Å². The summed E-state index contributed by atoms with van der Waals surface area (Å²) < 4.78 is 22.4. The molecule has 1 aromatic heterocycles. The highest BCUT2D eigenvalue weighted by Crippen LogP contribution is 2.39. The van der Waals surface area contributed by atoms with Gasteiger partial charge in [-0.25, -0.2) is 0 Å². The summed E-state index contributed by atoms with van der Waals surface area (Å²) in [5.41, 5.74) is 0.922. The molecule has 140 valence electrons. The quantitative estimate of drug-likeness (QED) is 0.582. The van der Waals surface area contributed by atoms with Crippen molar-refractivity contribution in [2.24, 2.45) is 0 Å². The van der Waals surface area contributed by atoms with Crippen molar-refractivity contribution in [2.45, 2.75) is 0 Å². The molecular formula is C18H18N4O5. The second kappa shape index (κ2) is 7.73. The van der Waals surface area contributed by atoms with Crippen molar-refractivity contribution in [3.63, 3.8) is 0 Å². The molecule has 0 saturated heterocycles. The highest BCUT2D eigenvalue weighted by molar-refractivity contribution is 6.06. The minimum atomic E-state index is -0.337. The molecule has 9 heteroatoms. The summed E-state index contributed by atoms with van der Waals surface area (Å²) in [5, 5.41) is 11.4. The predicted octanol–water partition coefficient (Wildman–Crippen LogP) is 1.93. The molecule has 0 bridgehead atoms. The van der Waals surface area contributed by atoms with Gasteiger partial charge in [0.25, 0.3) is 0 Å². The van der Waals surface area contributed by atoms with Crippen LogP contribution in [0, 0.1) is 0 Å². The molecular weight excluding hydrogens is 352 g/mol. The topological polar surface area (TPSA) is 97.6 Å². The fourth-order valence-corrected chi connectivity index (χ4v) is 2.56. The molecule has 0 unspecified atom stereocenters. The first-order valence-electron chi connectivity index (χ1n) is 7.90. The van der Waals surface area contributed by atoms with Crippen molar-refractivity contribution in [3.05, 3.63) is 47.8 Å². The van der Waals surface area contributed by atoms with E-state index in [1.165, 1.54) is 26.0 Å². The fourth-order valence-electron chi connectivity index (χ4n) is 2.56. The number of carbonyl (C=O) groups excluding carboxylic acids is 1. The van der Waals surface area contributed by atoms with Crippen molar-refractivity contribution in [1.29, 1.82) is 0 Å². The van der Waals surface area contributed by atoms with Gasteiger partial charge >= 0.3 is 0 Å². The summed E-state index contributed by atoms with van der Waals surface area (Å²) in [4.78, 5) is 12.8. The zero-order valence-corrected chi connectivity index (χ0v) is 15.3. The van der Waals surface area contributed by atoms with Gasteiger partial charge in [-0.3, -0.25) is 4.79 Å². The van der Waals surface area contributed by atoms with Crippen molar-refractivity contribution in [2.75, 3.05) is 28.4 Å². The lowest BCUT2D eigenvalue weighted by Crippen LogP contribution is -2.12. The molecule has 0 aliphatic heterocycles. The van der Waals surface area contributed by atoms with Crippen LogP contribution in [0.1, 0.15) is 16.2 Å². The summed E-state index contributed by atoms with van der Waals surface area (Å²) in [6.07, 6.45) is 0. The van der Waals surface area contributed by atoms with E-state index in [4.69, 9.17) is 18.9 Å². The Balaban J connectivity index is 2.05. The van der Waals surface area contributed by atoms with Crippen molar-refractivity contribution in [3.8, 4) is 28.7 Å². The van der Waals surface area contributed by atoms with Gasteiger partial charge < -0.3 is 18.9 Å². The monoisotopic (exact) mass is 370 g/mol. The first-order chi connectivity index (χ1) is 13.1. The van der Waals surface area contributed by atoms with Gasteiger partial charge in [0.2, 0.25) is 17.4 Å². The summed E-state index contributed by atoms with van der Waals surface area (Å²) in [6.45, 7) is 0. The average Bonchev–Trinajstić information content (AvgIpc) is 3.21. The number of hydrogen-bond donors (Lipinski definition) is 0. The highest BCUT2D eigenvalue weighted by atomic mass is 16.5. The van der Waals surface area contributed by atoms with Gasteiger partial charge in [-0.15, -0.1) is 5.10 Å². The van der Waals surface area contributed by atoms with E-state index in [1.807, 2.05) is 0 Å². The zero-order valence-electron chi connectivity index (χ0n) is 15.3. The Bertz CT molecular complexity index is 928. The Hall–Kier alpha value is -3.62. The van der Waals surface area contributed by atoms with E-state index in [0.29, 0.717) is 34.2 Å². The first kappa shape index (κ1) is 18.2. The number of methoxy groups -OCH3 is 4. The Morgan fingerprint density at radius 1 is 0.889 bits per heavy atom. The average molecular weight is 370 g/mol. The smallest absolute Gasteiger partial charge is 0.232 e. The van der Waals surface area contributed by atoms with E-state index < -0.39 is 0 Å². The minimum Gasteiger partial charge on any atom is -0.497 e. The number of ether oxygens (including phenoxy) is 4. The maximum atomic E-state index is 12.8. The second-order valence-electron chi connectivity index (χ2n) is 5.36. The number of ketones is 1. The van der Waals surface area contributed by atoms with E-state index in [0.717, 1.165) is 0 Å². The summed E-state index contributed by atoms with van der Waals surface area (Å²) in [6, 6.07) is 10.00. The lowest BCUT2D eigenvalue weighted by molar-refractivity contribution is 0.102. The Morgan fingerprint density at radius 3 is 2.04 bits per heavy atom. The molecule has 9 nitrogen and oxygen atoms in total. The number of benzene rings is 2. The molecule has 0 radical (unpaired) electrons. The van der Waals surface area contributed by atoms with Crippen LogP contribution in [0.3, 0.4) is 0 Å². The molecule has 0 fully saturated rings. The Kier molecular flexibility index (Phi) is 5.20. The molecule has 0 saturated carbocycles. The number of tetrazole rings is 1. The number of rotatable bonds is 7. The van der Waals surface area contributed by atoms with Crippen molar-refractivity contribution >= 4 is 5.78 Å². The first-order valence-corrected chi connectivity index (χ1v) is 7.90. The molecule has 27 heavy (non-hydrogen) atoms. The highest BCUT2D eigenvalue weighted by Gasteiger charge is 2.21. The molecule has 2 aromatic carbocycles. The molecule has 0 atom stereocenters. The van der Waals surface area contributed by atoms with Crippen LogP contribution in [-0.2, 0) is 0 Å². The lowest BCUT2D eigenvalue weighted by Gasteiger charge is -2.14. The van der Waals surface area contributed by atoms with Crippen LogP contribution in [-0.4, -0.2) is 54.4 Å². The molecule has 1 heterocycles. The summed E-state index contributed by atoms with van der Waals surface area (Å²) in [5.74, 6) is 1.64. The van der Waals surface area contributed by atoms with Gasteiger partial charge in [0.15, 0.2) is 11.5 Å². The van der Waals surface area contributed by atoms with Crippen LogP contribution in [0.5, 0.6) is 23.0 Å². The van der Waals surface area contributed by atoms with Gasteiger partial charge in [-0.05, 0) is 34.7 Å². The van der Waals surface area contributed by atoms with E-state index in [9.17, 15) is 4.79 Å². The normalized spacial score (nSPS) is 10.4. The molecule has 0 aliphatic rings. The third-order valence-corrected chi connectivity index (χ3v) is 3.92. The SMILES string of the molecule is COc1ccc(C(=O)c2nnnn2-c2cc(OC)c(OC)c(OC)c2)cc1. The van der Waals surface area contributed by atoms with E-state index in [1.54, 1.807) is 43.5 Å². The molecule has 3 rings (SSSR count). The van der Waals surface area contributed by atoms with Crippen LogP contribution < -0.4 is 18.9 Å². The minimum absolute atomic E-state index is 0.0504. The third-order valence-electron chi connectivity index (χ3n) is 3.92. The zero-order chi connectivity index (χ0) is 19.4. The van der Waals surface area contributed by atoms with Gasteiger partial charge in [-0.1, -0.05) is 0 Å². The van der Waals surface area contributed by atoms with Crippen molar-refractivity contribution < 1.29 is 23.7 Å². The second-order valence-corrected chi connectivity index (χ2v) is 5.36. The number of nitrogens with zero attached hydrogens (tertiary/aromatic N) is 4. The molecule has 0 spiro atoms. The number of aromatic nitrogens is 4. The Labute approximate surface area is 155 Å². The molecule has 3 aromatic rings. The predicted molar refractivity (Wildman–Crippen MR) is 95.2 cm³/mol. The van der Waals surface area contributed by atoms with Crippen LogP contribution in [0.4, 0.5) is 0 Å². The lowest BCUT2D eigenvalue weighted by atomic mass is 10.1. The third kappa shape index (κ3) is 3.39. The van der Waals surface area contributed by atoms with Crippen LogP contribution >= 0.6 is 0 Å². The maximum Gasteiger partial charge on any atom is 0.232 e. The van der Waals surface area contributed by atoms with Gasteiger partial charge in [0.05, 0.1) is 34.1 Å². The standard InChI is InChI=1S/C18H18N4O5/c1-24-13-7-5-11(6-8-13)16(23)18-19-20-21-22(18)12-9-14(25-2)17(27-4)15(10-12)26-3/h5-10H,1-4H3. The number of hydrogen-bond acceptors (Lipinski definition) is 8. The van der Waals surface area contributed by atoms with Crippen LogP contribution in [0.2, 0.25) is 0 Å². The Morgan fingerprint density at radius 2 is 1.52 bits per heavy atom. The van der Waals surface area contributed by atoms with Crippen LogP contribution in [0.15, 0.2) is 36.4 Å². The molecule has 0 amide bonds. The van der Waals surface area contributed by atoms with E-state index in [2.05, 4.69) is 15.5 Å². The van der Waals surface area contributed by atoms with E-state index >= 15 is 0 Å². The maximum absolute atomic E-state index is 12.8. The molecule has 0 N–H and O–H groups in total. The summed E-state index contributed by atoms with van der Waals surface area (Å²) in [7, 11) is 6.08. The van der Waals surface area contributed by atoms with Gasteiger partial charge in [0, 0.05) is 17.7 Å². The van der Waals surface area contributed by atoms with Gasteiger partial charge in [0.1, 0.15) is 5.75 Å². The van der Waals surface area contributed by atoms with Gasteiger partial charge in [-0.2, -0.15) is 4.68 Å².